The molecule has 0 radical (unpaired) electrons. The molecule has 0 spiro atoms. The van der Waals surface area contributed by atoms with Crippen LogP contribution in [0.4, 0.5) is 36.4 Å². The molecule has 1 saturated carbocycles. The van der Waals surface area contributed by atoms with Crippen molar-refractivity contribution < 1.29 is 45.1 Å². The van der Waals surface area contributed by atoms with Crippen LogP contribution >= 0.6 is 0 Å². The Labute approximate surface area is 192 Å². The van der Waals surface area contributed by atoms with Crippen molar-refractivity contribution in [3.8, 4) is 0 Å². The number of amides is 1. The zero-order valence-corrected chi connectivity index (χ0v) is 18.9. The van der Waals surface area contributed by atoms with Crippen LogP contribution in [0.5, 0.6) is 0 Å². The first kappa shape index (κ1) is 28.9. The Morgan fingerprint density at radius 2 is 1.53 bits per heavy atom. The lowest BCUT2D eigenvalue weighted by Crippen LogP contribution is -2.21. The standard InChI is InChI=1S/C11H6F7NO.C10H12O2.C2H6/c12-5-4(11(16,17)18)6(13)8(15)9(7(5)14)19-10(20)3-1-2-3;1-3-8-5-4-6-9(7-8)10(11)12-2;1-2/h3H,1-2H2,(H,19,20);4-7H,3H2,1-2H3;1-2H3. The Bertz CT molecular complexity index is 989. The molecule has 0 aromatic heterocycles. The maximum absolute atomic E-state index is 13.4. The summed E-state index contributed by atoms with van der Waals surface area (Å²) in [4.78, 5) is 22.3. The van der Waals surface area contributed by atoms with Crippen LogP contribution in [-0.2, 0) is 22.1 Å². The van der Waals surface area contributed by atoms with Crippen molar-refractivity contribution in [3.05, 3.63) is 64.2 Å². The van der Waals surface area contributed by atoms with E-state index < -0.39 is 52.5 Å². The van der Waals surface area contributed by atoms with Gasteiger partial charge >= 0.3 is 12.1 Å². The zero-order chi connectivity index (χ0) is 26.2. The number of nitrogens with one attached hydrogen (secondary N) is 1. The highest BCUT2D eigenvalue weighted by atomic mass is 19.4. The van der Waals surface area contributed by atoms with E-state index in [0.29, 0.717) is 18.4 Å². The molecule has 3 rings (SSSR count). The highest BCUT2D eigenvalue weighted by Gasteiger charge is 2.43. The van der Waals surface area contributed by atoms with Gasteiger partial charge in [0.1, 0.15) is 11.3 Å². The molecular formula is C23H24F7NO3. The quantitative estimate of drug-likeness (QED) is 0.293. The lowest BCUT2D eigenvalue weighted by molar-refractivity contribution is -0.143. The molecule has 0 aliphatic heterocycles. The lowest BCUT2D eigenvalue weighted by Gasteiger charge is -2.14. The molecule has 1 aliphatic carbocycles. The predicted octanol–water partition coefficient (Wildman–Crippen LogP) is 6.67. The molecule has 4 nitrogen and oxygen atoms in total. The minimum Gasteiger partial charge on any atom is -0.465 e. The van der Waals surface area contributed by atoms with Crippen molar-refractivity contribution in [3.63, 3.8) is 0 Å². The molecule has 0 unspecified atom stereocenters. The Balaban J connectivity index is 0.000000353. The predicted molar refractivity (Wildman–Crippen MR) is 111 cm³/mol. The average molecular weight is 495 g/mol. The number of hydrogen-bond donors (Lipinski definition) is 1. The molecule has 1 fully saturated rings. The van der Waals surface area contributed by atoms with Crippen molar-refractivity contribution in [1.29, 1.82) is 0 Å². The van der Waals surface area contributed by atoms with Gasteiger partial charge in [-0.15, -0.1) is 0 Å². The van der Waals surface area contributed by atoms with Crippen molar-refractivity contribution in [1.82, 2.24) is 0 Å². The van der Waals surface area contributed by atoms with E-state index in [0.717, 1.165) is 12.0 Å². The largest absolute Gasteiger partial charge is 0.465 e. The monoisotopic (exact) mass is 495 g/mol. The molecule has 1 aliphatic rings. The summed E-state index contributed by atoms with van der Waals surface area (Å²) in [5, 5.41) is 1.56. The smallest absolute Gasteiger partial charge is 0.422 e. The van der Waals surface area contributed by atoms with E-state index >= 15 is 0 Å². The van der Waals surface area contributed by atoms with E-state index in [2.05, 4.69) is 11.7 Å². The van der Waals surface area contributed by atoms with Crippen LogP contribution in [0.3, 0.4) is 0 Å². The third kappa shape index (κ3) is 7.19. The molecule has 0 heterocycles. The number of ether oxygens (including phenoxy) is 1. The van der Waals surface area contributed by atoms with Crippen LogP contribution in [0.15, 0.2) is 24.3 Å². The molecule has 2 aromatic rings. The Morgan fingerprint density at radius 1 is 1.00 bits per heavy atom. The Kier molecular flexibility index (Phi) is 10.5. The number of methoxy groups -OCH3 is 1. The number of esters is 1. The summed E-state index contributed by atoms with van der Waals surface area (Å²) in [6, 6.07) is 7.47. The van der Waals surface area contributed by atoms with Gasteiger partial charge in [0, 0.05) is 5.92 Å². The van der Waals surface area contributed by atoms with E-state index in [9.17, 15) is 40.3 Å². The number of carbonyl (C=O) groups is 2. The minimum atomic E-state index is -5.60. The number of alkyl halides is 3. The molecule has 1 N–H and O–H groups in total. The van der Waals surface area contributed by atoms with Crippen molar-refractivity contribution in [2.24, 2.45) is 5.92 Å². The van der Waals surface area contributed by atoms with Gasteiger partial charge in [-0.3, -0.25) is 4.79 Å². The second-order valence-electron chi connectivity index (χ2n) is 6.81. The first-order valence-electron chi connectivity index (χ1n) is 10.3. The summed E-state index contributed by atoms with van der Waals surface area (Å²) in [7, 11) is 1.39. The summed E-state index contributed by atoms with van der Waals surface area (Å²) in [6.45, 7) is 6.05. The highest BCUT2D eigenvalue weighted by molar-refractivity contribution is 5.94. The van der Waals surface area contributed by atoms with Gasteiger partial charge in [0.15, 0.2) is 23.3 Å². The van der Waals surface area contributed by atoms with Crippen LogP contribution in [0.2, 0.25) is 0 Å². The van der Waals surface area contributed by atoms with Gasteiger partial charge in [0.25, 0.3) is 0 Å². The van der Waals surface area contributed by atoms with Gasteiger partial charge in [-0.2, -0.15) is 13.2 Å². The number of aryl methyl sites for hydroxylation is 1. The summed E-state index contributed by atoms with van der Waals surface area (Å²) in [6.07, 6.45) is -3.80. The molecule has 0 bridgehead atoms. The van der Waals surface area contributed by atoms with Crippen LogP contribution in [-0.4, -0.2) is 19.0 Å². The summed E-state index contributed by atoms with van der Waals surface area (Å²) >= 11 is 0. The fourth-order valence-electron chi connectivity index (χ4n) is 2.60. The first-order chi connectivity index (χ1) is 15.9. The molecule has 2 aromatic carbocycles. The van der Waals surface area contributed by atoms with Crippen molar-refractivity contribution in [2.45, 2.75) is 46.2 Å². The summed E-state index contributed by atoms with van der Waals surface area (Å²) < 4.78 is 94.7. The average Bonchev–Trinajstić information content (AvgIpc) is 3.66. The van der Waals surface area contributed by atoms with Crippen molar-refractivity contribution in [2.75, 3.05) is 12.4 Å². The van der Waals surface area contributed by atoms with E-state index in [-0.39, 0.29) is 5.97 Å². The Hall–Kier alpha value is -3.11. The fourth-order valence-corrected chi connectivity index (χ4v) is 2.60. The first-order valence-corrected chi connectivity index (χ1v) is 10.3. The highest BCUT2D eigenvalue weighted by Crippen LogP contribution is 2.39. The van der Waals surface area contributed by atoms with E-state index in [1.54, 1.807) is 11.4 Å². The second-order valence-corrected chi connectivity index (χ2v) is 6.81. The molecule has 0 atom stereocenters. The maximum atomic E-state index is 13.4. The maximum Gasteiger partial charge on any atom is 0.422 e. The fraction of sp³-hybridized carbons (Fsp3) is 0.391. The van der Waals surface area contributed by atoms with Crippen LogP contribution < -0.4 is 5.32 Å². The summed E-state index contributed by atoms with van der Waals surface area (Å²) in [5.74, 6) is -11.5. The number of rotatable bonds is 4. The second kappa shape index (κ2) is 12.4. The molecule has 0 saturated heterocycles. The van der Waals surface area contributed by atoms with Crippen LogP contribution in [0, 0.1) is 29.2 Å². The number of hydrogen-bond acceptors (Lipinski definition) is 3. The molecule has 11 heteroatoms. The van der Waals surface area contributed by atoms with Gasteiger partial charge < -0.3 is 10.1 Å². The number of benzene rings is 2. The number of carbonyl (C=O) groups excluding carboxylic acids is 2. The van der Waals surface area contributed by atoms with E-state index in [1.165, 1.54) is 7.11 Å². The zero-order valence-electron chi connectivity index (χ0n) is 18.9. The Morgan fingerprint density at radius 3 is 1.94 bits per heavy atom. The molecule has 34 heavy (non-hydrogen) atoms. The van der Waals surface area contributed by atoms with Crippen molar-refractivity contribution >= 4 is 17.6 Å². The van der Waals surface area contributed by atoms with Gasteiger partial charge in [-0.05, 0) is 37.0 Å². The third-order valence-corrected chi connectivity index (χ3v) is 4.50. The summed E-state index contributed by atoms with van der Waals surface area (Å²) in [5.41, 5.74) is -2.45. The van der Waals surface area contributed by atoms with Gasteiger partial charge in [0.2, 0.25) is 5.91 Å². The third-order valence-electron chi connectivity index (χ3n) is 4.50. The van der Waals surface area contributed by atoms with E-state index in [1.807, 2.05) is 32.0 Å². The SMILES string of the molecule is CC.CCc1cccc(C(=O)OC)c1.O=C(Nc1c(F)c(F)c(C(F)(F)F)c(F)c1F)C1CC1. The minimum absolute atomic E-state index is 0.273. The molecule has 188 valence electrons. The van der Waals surface area contributed by atoms with Crippen LogP contribution in [0.1, 0.15) is 55.1 Å². The van der Waals surface area contributed by atoms with Crippen LogP contribution in [0.25, 0.3) is 0 Å². The van der Waals surface area contributed by atoms with Gasteiger partial charge in [0.05, 0.1) is 12.7 Å². The number of halogens is 7. The molecular weight excluding hydrogens is 471 g/mol. The molecule has 1 amide bonds. The normalized spacial score (nSPS) is 12.6. The van der Waals surface area contributed by atoms with Gasteiger partial charge in [-0.25, -0.2) is 22.4 Å². The lowest BCUT2D eigenvalue weighted by atomic mass is 10.1. The topological polar surface area (TPSA) is 55.4 Å². The van der Waals surface area contributed by atoms with Gasteiger partial charge in [-0.1, -0.05) is 32.9 Å². The van der Waals surface area contributed by atoms with E-state index in [4.69, 9.17) is 0 Å². The number of anilines is 1.